The summed E-state index contributed by atoms with van der Waals surface area (Å²) in [6, 6.07) is 0. The van der Waals surface area contributed by atoms with E-state index in [2.05, 4.69) is 0 Å². The first-order valence-electron chi connectivity index (χ1n) is 21.8. The molecule has 0 bridgehead atoms. The van der Waals surface area contributed by atoms with Gasteiger partial charge in [-0.3, -0.25) is 0 Å². The summed E-state index contributed by atoms with van der Waals surface area (Å²) < 4.78 is 21.7. The van der Waals surface area contributed by atoms with Gasteiger partial charge in [0.1, 0.15) is 22.4 Å². The summed E-state index contributed by atoms with van der Waals surface area (Å²) in [5.74, 6) is -4.14. The fraction of sp³-hybridized carbons (Fsp3) is 0.909. The predicted octanol–water partition coefficient (Wildman–Crippen LogP) is 5.43. The van der Waals surface area contributed by atoms with Crippen molar-refractivity contribution in [2.24, 2.45) is 23.7 Å². The van der Waals surface area contributed by atoms with Crippen molar-refractivity contribution in [1.29, 1.82) is 0 Å². The Hall–Kier alpha value is -1.40. The molecule has 13 heteroatoms. The van der Waals surface area contributed by atoms with Gasteiger partial charge in [-0.05, 0) is 77.0 Å². The standard InChI is InChI=1S/4C11H22O3.Zr/c4*1-5-9(6-2)11(7-3,10(12)13)14-8-4;/h4*9H,5-8H2,1-4H3,(H,12,13);/q;;;;+4/p-4. The monoisotopic (exact) mass is 895 g/mol. The average Bonchev–Trinajstić information content (AvgIpc) is 3.18. The molecule has 4 atom stereocenters. The van der Waals surface area contributed by atoms with Crippen LogP contribution in [0.3, 0.4) is 0 Å². The molecule has 0 radical (unpaired) electrons. The molecule has 0 N–H and O–H groups in total. The Morgan fingerprint density at radius 1 is 0.333 bits per heavy atom. The molecule has 0 aliphatic carbocycles. The molecule has 336 valence electrons. The Morgan fingerprint density at radius 2 is 0.456 bits per heavy atom. The van der Waals surface area contributed by atoms with Gasteiger partial charge in [0, 0.05) is 26.4 Å². The average molecular weight is 896 g/mol. The number of ether oxygens (including phenoxy) is 4. The summed E-state index contributed by atoms with van der Waals surface area (Å²) in [5, 5.41) is 44.7. The second-order valence-corrected chi connectivity index (χ2v) is 13.9. The summed E-state index contributed by atoms with van der Waals surface area (Å²) in [4.78, 5) is 44.7. The Morgan fingerprint density at radius 3 is 0.509 bits per heavy atom. The first kappa shape index (κ1) is 64.7. The molecule has 0 amide bonds. The van der Waals surface area contributed by atoms with Crippen LogP contribution in [0.2, 0.25) is 0 Å². The van der Waals surface area contributed by atoms with Gasteiger partial charge in [0.2, 0.25) is 0 Å². The Balaban J connectivity index is -0.000000210. The number of carboxylic acids is 4. The van der Waals surface area contributed by atoms with E-state index >= 15 is 0 Å². The van der Waals surface area contributed by atoms with Crippen molar-refractivity contribution in [2.75, 3.05) is 26.4 Å². The molecule has 0 rings (SSSR count). The quantitative estimate of drug-likeness (QED) is 0.0968. The van der Waals surface area contributed by atoms with Crippen molar-refractivity contribution >= 4 is 23.9 Å². The Labute approximate surface area is 367 Å². The minimum atomic E-state index is -1.09. The van der Waals surface area contributed by atoms with E-state index in [1.165, 1.54) is 0 Å². The summed E-state index contributed by atoms with van der Waals surface area (Å²) in [6.07, 6.45) is 8.30. The number of carbonyl (C=O) groups excluding carboxylic acids is 4. The van der Waals surface area contributed by atoms with E-state index in [0.717, 1.165) is 51.4 Å². The molecule has 0 heterocycles. The fourth-order valence-corrected chi connectivity index (χ4v) is 8.34. The van der Waals surface area contributed by atoms with E-state index in [1.54, 1.807) is 0 Å². The number of rotatable bonds is 28. The molecule has 0 aromatic rings. The van der Waals surface area contributed by atoms with Crippen molar-refractivity contribution in [3.8, 4) is 0 Å². The van der Waals surface area contributed by atoms with Gasteiger partial charge in [-0.15, -0.1) is 0 Å². The first-order chi connectivity index (χ1) is 26.3. The van der Waals surface area contributed by atoms with Gasteiger partial charge in [0.15, 0.2) is 0 Å². The second kappa shape index (κ2) is 35.4. The summed E-state index contributed by atoms with van der Waals surface area (Å²) >= 11 is 0. The summed E-state index contributed by atoms with van der Waals surface area (Å²) in [7, 11) is 0. The zero-order valence-corrected chi connectivity index (χ0v) is 41.5. The third-order valence-electron chi connectivity index (χ3n) is 11.7. The third-order valence-corrected chi connectivity index (χ3v) is 11.7. The zero-order chi connectivity index (χ0) is 44.8. The van der Waals surface area contributed by atoms with Crippen molar-refractivity contribution in [3.05, 3.63) is 0 Å². The summed E-state index contributed by atoms with van der Waals surface area (Å²) in [6.45, 7) is 32.2. The van der Waals surface area contributed by atoms with Gasteiger partial charge >= 0.3 is 26.2 Å². The van der Waals surface area contributed by atoms with Gasteiger partial charge in [-0.2, -0.15) is 0 Å². The Kier molecular flexibility index (Phi) is 40.2. The van der Waals surface area contributed by atoms with Crippen LogP contribution in [0.25, 0.3) is 0 Å². The number of carbonyl (C=O) groups is 4. The van der Waals surface area contributed by atoms with E-state index < -0.39 is 46.3 Å². The van der Waals surface area contributed by atoms with Crippen molar-refractivity contribution in [3.63, 3.8) is 0 Å². The zero-order valence-electron chi connectivity index (χ0n) is 39.0. The van der Waals surface area contributed by atoms with E-state index in [1.807, 2.05) is 111 Å². The smallest absolute Gasteiger partial charge is 0.547 e. The second-order valence-electron chi connectivity index (χ2n) is 13.9. The number of carboxylic acid groups (broad SMARTS) is 4. The predicted molar refractivity (Wildman–Crippen MR) is 215 cm³/mol. The maximum absolute atomic E-state index is 11.2. The van der Waals surface area contributed by atoms with Crippen LogP contribution in [0.1, 0.15) is 188 Å². The molecule has 0 aromatic heterocycles. The van der Waals surface area contributed by atoms with Gasteiger partial charge in [0.25, 0.3) is 0 Å². The molecule has 0 aliphatic rings. The van der Waals surface area contributed by atoms with Gasteiger partial charge in [-0.25, -0.2) is 0 Å². The molecular formula is C44H84O12Zr. The molecule has 57 heavy (non-hydrogen) atoms. The van der Waals surface area contributed by atoms with Crippen LogP contribution >= 0.6 is 0 Å². The van der Waals surface area contributed by atoms with E-state index in [-0.39, 0.29) is 49.9 Å². The van der Waals surface area contributed by atoms with Gasteiger partial charge in [-0.1, -0.05) is 134 Å². The van der Waals surface area contributed by atoms with Crippen LogP contribution in [0.4, 0.5) is 0 Å². The number of hydrogen-bond donors (Lipinski definition) is 0. The van der Waals surface area contributed by atoms with Crippen molar-refractivity contribution in [1.82, 2.24) is 0 Å². The van der Waals surface area contributed by atoms with Crippen LogP contribution in [-0.4, -0.2) is 72.7 Å². The molecule has 0 saturated carbocycles. The largest absolute Gasteiger partial charge is 4.00 e. The molecule has 0 aliphatic heterocycles. The third kappa shape index (κ3) is 18.4. The maximum Gasteiger partial charge on any atom is 4.00 e. The topological polar surface area (TPSA) is 197 Å². The van der Waals surface area contributed by atoms with Crippen LogP contribution in [-0.2, 0) is 64.3 Å². The first-order valence-corrected chi connectivity index (χ1v) is 21.8. The molecule has 0 fully saturated rings. The Bertz CT molecular complexity index is 869. The van der Waals surface area contributed by atoms with Gasteiger partial charge < -0.3 is 58.6 Å². The van der Waals surface area contributed by atoms with Crippen LogP contribution in [0.5, 0.6) is 0 Å². The maximum atomic E-state index is 11.2. The molecule has 12 nitrogen and oxygen atoms in total. The van der Waals surface area contributed by atoms with E-state index in [9.17, 15) is 39.6 Å². The normalized spacial score (nSPS) is 15.2. The summed E-state index contributed by atoms with van der Waals surface area (Å²) in [5.41, 5.74) is -4.34. The van der Waals surface area contributed by atoms with Crippen LogP contribution < -0.4 is 20.4 Å². The van der Waals surface area contributed by atoms with Crippen LogP contribution in [0.15, 0.2) is 0 Å². The van der Waals surface area contributed by atoms with E-state index in [4.69, 9.17) is 18.9 Å². The number of aliphatic carboxylic acids is 4. The molecule has 0 saturated heterocycles. The van der Waals surface area contributed by atoms with E-state index in [0.29, 0.717) is 52.1 Å². The SMILES string of the molecule is CCOC(CC)(C(=O)[O-])C(CC)CC.CCOC(CC)(C(=O)[O-])C(CC)CC.CCOC(CC)(C(=O)[O-])C(CC)CC.CCOC(CC)(C(=O)[O-])C(CC)CC.[Zr+4]. The van der Waals surface area contributed by atoms with Crippen molar-refractivity contribution < 1.29 is 84.8 Å². The van der Waals surface area contributed by atoms with Crippen molar-refractivity contribution in [2.45, 2.75) is 210 Å². The fourth-order valence-electron chi connectivity index (χ4n) is 8.34. The minimum Gasteiger partial charge on any atom is -0.547 e. The molecule has 0 aromatic carbocycles. The number of hydrogen-bond acceptors (Lipinski definition) is 12. The van der Waals surface area contributed by atoms with Crippen LogP contribution in [0, 0.1) is 23.7 Å². The molecule has 0 spiro atoms. The molecular weight excluding hydrogens is 812 g/mol. The minimum absolute atomic E-state index is 0. The van der Waals surface area contributed by atoms with Gasteiger partial charge in [0.05, 0.1) is 23.9 Å². The molecule has 4 unspecified atom stereocenters.